The van der Waals surface area contributed by atoms with Gasteiger partial charge in [0.25, 0.3) is 10.0 Å². The Morgan fingerprint density at radius 2 is 1.81 bits per heavy atom. The highest BCUT2D eigenvalue weighted by molar-refractivity contribution is 7.92. The molecule has 0 spiro atoms. The molecule has 0 fully saturated rings. The second kappa shape index (κ2) is 5.57. The minimum Gasteiger partial charge on any atom is -0.478 e. The number of aromatic carboxylic acids is 1. The standard InChI is InChI=1S/C15H15NO4S/c1-10-6-7-11(2)14(8-10)21(19,20)16-13-5-3-4-12(9-13)15(17)18/h3-9,16H,1-2H3,(H,17,18). The average Bonchev–Trinajstić information content (AvgIpc) is 2.41. The van der Waals surface area contributed by atoms with E-state index in [1.54, 1.807) is 19.1 Å². The Balaban J connectivity index is 2.40. The van der Waals surface area contributed by atoms with Crippen molar-refractivity contribution < 1.29 is 18.3 Å². The molecule has 0 atom stereocenters. The van der Waals surface area contributed by atoms with E-state index < -0.39 is 16.0 Å². The number of carboxylic acid groups (broad SMARTS) is 1. The summed E-state index contributed by atoms with van der Waals surface area (Å²) in [5.74, 6) is -1.11. The SMILES string of the molecule is Cc1ccc(C)c(S(=O)(=O)Nc2cccc(C(=O)O)c2)c1. The largest absolute Gasteiger partial charge is 0.478 e. The molecule has 5 nitrogen and oxygen atoms in total. The van der Waals surface area contributed by atoms with Crippen LogP contribution in [0.3, 0.4) is 0 Å². The van der Waals surface area contributed by atoms with Crippen molar-refractivity contribution in [1.29, 1.82) is 0 Å². The van der Waals surface area contributed by atoms with E-state index in [0.717, 1.165) is 5.56 Å². The van der Waals surface area contributed by atoms with E-state index in [1.165, 1.54) is 24.3 Å². The second-order valence-electron chi connectivity index (χ2n) is 4.76. The van der Waals surface area contributed by atoms with E-state index in [1.807, 2.05) is 13.0 Å². The molecular weight excluding hydrogens is 290 g/mol. The molecule has 0 saturated heterocycles. The highest BCUT2D eigenvalue weighted by Gasteiger charge is 2.17. The number of nitrogens with one attached hydrogen (secondary N) is 1. The molecule has 0 amide bonds. The summed E-state index contributed by atoms with van der Waals surface area (Å²) >= 11 is 0. The van der Waals surface area contributed by atoms with Gasteiger partial charge in [-0.1, -0.05) is 18.2 Å². The first-order valence-electron chi connectivity index (χ1n) is 6.23. The fourth-order valence-corrected chi connectivity index (χ4v) is 3.30. The third kappa shape index (κ3) is 3.41. The highest BCUT2D eigenvalue weighted by Crippen LogP contribution is 2.21. The van der Waals surface area contributed by atoms with Crippen molar-refractivity contribution >= 4 is 21.7 Å². The summed E-state index contributed by atoms with van der Waals surface area (Å²) in [6, 6.07) is 10.8. The Hall–Kier alpha value is -2.34. The third-order valence-electron chi connectivity index (χ3n) is 2.99. The van der Waals surface area contributed by atoms with E-state index in [9.17, 15) is 13.2 Å². The minimum absolute atomic E-state index is 0.0242. The van der Waals surface area contributed by atoms with Crippen LogP contribution in [-0.2, 0) is 10.0 Å². The Morgan fingerprint density at radius 3 is 2.48 bits per heavy atom. The number of carboxylic acids is 1. The lowest BCUT2D eigenvalue weighted by molar-refractivity contribution is 0.0697. The lowest BCUT2D eigenvalue weighted by Gasteiger charge is -2.11. The molecule has 0 aliphatic carbocycles. The van der Waals surface area contributed by atoms with Crippen molar-refractivity contribution in [2.75, 3.05) is 4.72 Å². The molecule has 0 bridgehead atoms. The van der Waals surface area contributed by atoms with Crippen LogP contribution in [0.5, 0.6) is 0 Å². The molecule has 0 radical (unpaired) electrons. The van der Waals surface area contributed by atoms with Crippen LogP contribution in [0, 0.1) is 13.8 Å². The van der Waals surface area contributed by atoms with E-state index in [0.29, 0.717) is 5.56 Å². The summed E-state index contributed by atoms with van der Waals surface area (Å²) in [7, 11) is -3.75. The molecule has 6 heteroatoms. The first-order valence-corrected chi connectivity index (χ1v) is 7.71. The van der Waals surface area contributed by atoms with Crippen LogP contribution in [0.25, 0.3) is 0 Å². The quantitative estimate of drug-likeness (QED) is 0.909. The Morgan fingerprint density at radius 1 is 1.10 bits per heavy atom. The fourth-order valence-electron chi connectivity index (χ4n) is 1.92. The van der Waals surface area contributed by atoms with Gasteiger partial charge in [-0.15, -0.1) is 0 Å². The summed E-state index contributed by atoms with van der Waals surface area (Å²) < 4.78 is 27.2. The Labute approximate surface area is 123 Å². The zero-order valence-corrected chi connectivity index (χ0v) is 12.4. The Bertz CT molecular complexity index is 797. The number of hydrogen-bond acceptors (Lipinski definition) is 3. The van der Waals surface area contributed by atoms with Crippen molar-refractivity contribution in [1.82, 2.24) is 0 Å². The molecule has 2 aromatic carbocycles. The van der Waals surface area contributed by atoms with Crippen molar-refractivity contribution in [3.05, 3.63) is 59.2 Å². The topological polar surface area (TPSA) is 83.5 Å². The summed E-state index contributed by atoms with van der Waals surface area (Å²) in [6.07, 6.45) is 0. The number of hydrogen-bond donors (Lipinski definition) is 2. The summed E-state index contributed by atoms with van der Waals surface area (Å²) in [5.41, 5.74) is 1.70. The normalized spacial score (nSPS) is 11.1. The maximum Gasteiger partial charge on any atom is 0.335 e. The molecule has 0 saturated carbocycles. The van der Waals surface area contributed by atoms with Crippen LogP contribution in [0.1, 0.15) is 21.5 Å². The van der Waals surface area contributed by atoms with Crippen LogP contribution < -0.4 is 4.72 Å². The fraction of sp³-hybridized carbons (Fsp3) is 0.133. The lowest BCUT2D eigenvalue weighted by Crippen LogP contribution is -2.14. The second-order valence-corrected chi connectivity index (χ2v) is 6.41. The van der Waals surface area contributed by atoms with Gasteiger partial charge >= 0.3 is 5.97 Å². The first-order chi connectivity index (χ1) is 9.79. The maximum absolute atomic E-state index is 12.4. The van der Waals surface area contributed by atoms with E-state index in [2.05, 4.69) is 4.72 Å². The number of carbonyl (C=O) groups is 1. The Kier molecular flexibility index (Phi) is 3.99. The van der Waals surface area contributed by atoms with Gasteiger partial charge < -0.3 is 5.11 Å². The van der Waals surface area contributed by atoms with Crippen molar-refractivity contribution in [3.63, 3.8) is 0 Å². The molecule has 21 heavy (non-hydrogen) atoms. The molecule has 0 unspecified atom stereocenters. The molecule has 0 aliphatic heterocycles. The van der Waals surface area contributed by atoms with E-state index in [-0.39, 0.29) is 16.1 Å². The van der Waals surface area contributed by atoms with Crippen LogP contribution >= 0.6 is 0 Å². The molecule has 0 aliphatic rings. The maximum atomic E-state index is 12.4. The molecule has 110 valence electrons. The monoisotopic (exact) mass is 305 g/mol. The average molecular weight is 305 g/mol. The van der Waals surface area contributed by atoms with Gasteiger partial charge in [0.05, 0.1) is 10.5 Å². The van der Waals surface area contributed by atoms with Crippen LogP contribution in [0.15, 0.2) is 47.4 Å². The smallest absolute Gasteiger partial charge is 0.335 e. The summed E-state index contributed by atoms with van der Waals surface area (Å²) in [5, 5.41) is 8.93. The van der Waals surface area contributed by atoms with Gasteiger partial charge in [-0.2, -0.15) is 0 Å². The van der Waals surface area contributed by atoms with Gasteiger partial charge in [0.1, 0.15) is 0 Å². The van der Waals surface area contributed by atoms with Gasteiger partial charge in [-0.05, 0) is 49.2 Å². The zero-order chi connectivity index (χ0) is 15.6. The van der Waals surface area contributed by atoms with Gasteiger partial charge in [0, 0.05) is 5.69 Å². The summed E-state index contributed by atoms with van der Waals surface area (Å²) in [6.45, 7) is 3.52. The van der Waals surface area contributed by atoms with Gasteiger partial charge in [-0.25, -0.2) is 13.2 Å². The zero-order valence-electron chi connectivity index (χ0n) is 11.6. The van der Waals surface area contributed by atoms with Crippen LogP contribution in [0.2, 0.25) is 0 Å². The predicted molar refractivity (Wildman–Crippen MR) is 80.1 cm³/mol. The highest BCUT2D eigenvalue weighted by atomic mass is 32.2. The number of rotatable bonds is 4. The van der Waals surface area contributed by atoms with Gasteiger partial charge in [-0.3, -0.25) is 4.72 Å². The minimum atomic E-state index is -3.75. The van der Waals surface area contributed by atoms with Crippen molar-refractivity contribution in [3.8, 4) is 0 Å². The number of benzene rings is 2. The van der Waals surface area contributed by atoms with Crippen LogP contribution in [0.4, 0.5) is 5.69 Å². The van der Waals surface area contributed by atoms with E-state index >= 15 is 0 Å². The first kappa shape index (κ1) is 15.1. The van der Waals surface area contributed by atoms with Gasteiger partial charge in [0.2, 0.25) is 0 Å². The molecule has 0 aromatic heterocycles. The lowest BCUT2D eigenvalue weighted by atomic mass is 10.2. The number of sulfonamides is 1. The number of anilines is 1. The summed E-state index contributed by atoms with van der Waals surface area (Å²) in [4.78, 5) is 11.1. The van der Waals surface area contributed by atoms with Crippen LogP contribution in [-0.4, -0.2) is 19.5 Å². The molecule has 2 aromatic rings. The van der Waals surface area contributed by atoms with Crippen molar-refractivity contribution in [2.24, 2.45) is 0 Å². The predicted octanol–water partition coefficient (Wildman–Crippen LogP) is 2.80. The van der Waals surface area contributed by atoms with Gasteiger partial charge in [0.15, 0.2) is 0 Å². The van der Waals surface area contributed by atoms with Crippen molar-refractivity contribution in [2.45, 2.75) is 18.7 Å². The third-order valence-corrected chi connectivity index (χ3v) is 4.52. The molecular formula is C15H15NO4S. The molecule has 2 N–H and O–H groups in total. The molecule has 2 rings (SSSR count). The van der Waals surface area contributed by atoms with E-state index in [4.69, 9.17) is 5.11 Å². The molecule has 0 heterocycles. The number of aryl methyl sites for hydroxylation is 2.